The van der Waals surface area contributed by atoms with E-state index in [4.69, 9.17) is 0 Å². The van der Waals surface area contributed by atoms with E-state index in [0.717, 1.165) is 17.0 Å². The number of allylic oxidation sites excluding steroid dienone is 1. The van der Waals surface area contributed by atoms with E-state index in [1.54, 1.807) is 18.2 Å². The maximum absolute atomic E-state index is 10.8. The molecule has 0 saturated carbocycles. The second-order valence-electron chi connectivity index (χ2n) is 4.14. The molecule has 0 unspecified atom stereocenters. The fourth-order valence-electron chi connectivity index (χ4n) is 1.86. The lowest BCUT2D eigenvalue weighted by Crippen LogP contribution is -2.15. The number of rotatable bonds is 4. The lowest BCUT2D eigenvalue weighted by molar-refractivity contribution is -0.384. The summed E-state index contributed by atoms with van der Waals surface area (Å²) >= 11 is 0. The molecule has 0 fully saturated rings. The number of anilines is 1. The molecule has 2 rings (SSSR count). The van der Waals surface area contributed by atoms with Crippen molar-refractivity contribution in [3.05, 3.63) is 41.0 Å². The van der Waals surface area contributed by atoms with Gasteiger partial charge in [-0.1, -0.05) is 6.08 Å². The van der Waals surface area contributed by atoms with E-state index in [9.17, 15) is 10.1 Å². The summed E-state index contributed by atoms with van der Waals surface area (Å²) in [5.74, 6) is 0.755. The van der Waals surface area contributed by atoms with Crippen molar-refractivity contribution < 1.29 is 4.92 Å². The summed E-state index contributed by atoms with van der Waals surface area (Å²) in [6, 6.07) is 4.67. The van der Waals surface area contributed by atoms with Crippen LogP contribution in [0.5, 0.6) is 0 Å². The van der Waals surface area contributed by atoms with Crippen molar-refractivity contribution >= 4 is 22.7 Å². The molecule has 2 aromatic rings. The highest BCUT2D eigenvalue weighted by molar-refractivity contribution is 5.81. The lowest BCUT2D eigenvalue weighted by Gasteiger charge is -2.13. The quantitative estimate of drug-likeness (QED) is 0.471. The first-order valence-electron chi connectivity index (χ1n) is 5.47. The predicted octanol–water partition coefficient (Wildman–Crippen LogP) is 2.20. The first-order valence-corrected chi connectivity index (χ1v) is 5.47. The number of nitrogens with zero attached hydrogens (tertiary/aromatic N) is 4. The Morgan fingerprint density at radius 3 is 2.83 bits per heavy atom. The van der Waals surface area contributed by atoms with E-state index in [2.05, 4.69) is 11.6 Å². The fourth-order valence-corrected chi connectivity index (χ4v) is 1.86. The van der Waals surface area contributed by atoms with Gasteiger partial charge in [0.05, 0.1) is 16.0 Å². The standard InChI is InChI=1S/C12H14N4O2/c1-4-7-15-11-8-9(16(17)18)5-6-10(11)13-12(15)14(2)3/h4-6,8H,1,7H2,2-3H3. The SMILES string of the molecule is C=CCn1c(N(C)C)nc2ccc([N+](=O)[O-])cc21. The van der Waals surface area contributed by atoms with Crippen LogP contribution >= 0.6 is 0 Å². The highest BCUT2D eigenvalue weighted by Crippen LogP contribution is 2.25. The van der Waals surface area contributed by atoms with Crippen molar-refractivity contribution in [2.24, 2.45) is 0 Å². The monoisotopic (exact) mass is 246 g/mol. The number of non-ortho nitro benzene ring substituents is 1. The van der Waals surface area contributed by atoms with Gasteiger partial charge in [0.2, 0.25) is 5.95 Å². The summed E-state index contributed by atoms with van der Waals surface area (Å²) in [4.78, 5) is 16.7. The second-order valence-corrected chi connectivity index (χ2v) is 4.14. The van der Waals surface area contributed by atoms with Crippen LogP contribution in [-0.2, 0) is 6.54 Å². The maximum atomic E-state index is 10.8. The summed E-state index contributed by atoms with van der Waals surface area (Å²) in [5, 5.41) is 10.8. The average molecular weight is 246 g/mol. The van der Waals surface area contributed by atoms with Gasteiger partial charge in [-0.3, -0.25) is 10.1 Å². The van der Waals surface area contributed by atoms with Crippen LogP contribution in [0.3, 0.4) is 0 Å². The van der Waals surface area contributed by atoms with E-state index in [-0.39, 0.29) is 5.69 Å². The number of nitro benzene ring substituents is 1. The fraction of sp³-hybridized carbons (Fsp3) is 0.250. The molecule has 94 valence electrons. The Morgan fingerprint density at radius 1 is 1.56 bits per heavy atom. The number of fused-ring (bicyclic) bond motifs is 1. The van der Waals surface area contributed by atoms with Gasteiger partial charge in [0.25, 0.3) is 5.69 Å². The summed E-state index contributed by atoms with van der Waals surface area (Å²) < 4.78 is 1.90. The van der Waals surface area contributed by atoms with Crippen LogP contribution in [0.25, 0.3) is 11.0 Å². The average Bonchev–Trinajstić information content (AvgIpc) is 2.68. The molecule has 0 spiro atoms. The molecular weight excluding hydrogens is 232 g/mol. The first kappa shape index (κ1) is 12.1. The lowest BCUT2D eigenvalue weighted by atomic mass is 10.3. The van der Waals surface area contributed by atoms with Gasteiger partial charge in [0, 0.05) is 32.8 Å². The molecule has 18 heavy (non-hydrogen) atoms. The Bertz CT molecular complexity index is 616. The molecule has 0 aliphatic rings. The zero-order chi connectivity index (χ0) is 13.3. The van der Waals surface area contributed by atoms with Gasteiger partial charge in [-0.05, 0) is 6.07 Å². The minimum Gasteiger partial charge on any atom is -0.348 e. The molecule has 0 aliphatic heterocycles. The molecule has 1 heterocycles. The van der Waals surface area contributed by atoms with Crippen LogP contribution in [0, 0.1) is 10.1 Å². The van der Waals surface area contributed by atoms with Gasteiger partial charge in [0.1, 0.15) is 0 Å². The molecule has 6 heteroatoms. The number of nitro groups is 1. The number of imidazole rings is 1. The van der Waals surface area contributed by atoms with Crippen LogP contribution in [0.15, 0.2) is 30.9 Å². The van der Waals surface area contributed by atoms with Gasteiger partial charge < -0.3 is 9.47 Å². The highest BCUT2D eigenvalue weighted by Gasteiger charge is 2.14. The zero-order valence-electron chi connectivity index (χ0n) is 10.3. The summed E-state index contributed by atoms with van der Waals surface area (Å²) in [6.07, 6.45) is 1.74. The van der Waals surface area contributed by atoms with Gasteiger partial charge in [0.15, 0.2) is 0 Å². The van der Waals surface area contributed by atoms with Gasteiger partial charge in [-0.15, -0.1) is 6.58 Å². The summed E-state index contributed by atoms with van der Waals surface area (Å²) in [5.41, 5.74) is 1.55. The van der Waals surface area contributed by atoms with E-state index >= 15 is 0 Å². The topological polar surface area (TPSA) is 64.2 Å². The minimum atomic E-state index is -0.403. The smallest absolute Gasteiger partial charge is 0.271 e. The third-order valence-corrected chi connectivity index (χ3v) is 2.63. The Kier molecular flexibility index (Phi) is 3.01. The van der Waals surface area contributed by atoms with Gasteiger partial charge >= 0.3 is 0 Å². The van der Waals surface area contributed by atoms with Crippen molar-refractivity contribution in [2.75, 3.05) is 19.0 Å². The highest BCUT2D eigenvalue weighted by atomic mass is 16.6. The Balaban J connectivity index is 2.70. The van der Waals surface area contributed by atoms with Crippen molar-refractivity contribution in [3.8, 4) is 0 Å². The molecular formula is C12H14N4O2. The number of hydrogen-bond donors (Lipinski definition) is 0. The molecule has 0 atom stereocenters. The van der Waals surface area contributed by atoms with Gasteiger partial charge in [-0.25, -0.2) is 4.98 Å². The minimum absolute atomic E-state index is 0.0676. The zero-order valence-corrected chi connectivity index (χ0v) is 10.3. The van der Waals surface area contributed by atoms with E-state index < -0.39 is 4.92 Å². The largest absolute Gasteiger partial charge is 0.348 e. The van der Waals surface area contributed by atoms with Crippen molar-refractivity contribution in [1.82, 2.24) is 9.55 Å². The Labute approximate surface area is 104 Å². The molecule has 0 amide bonds. The molecule has 0 saturated heterocycles. The molecule has 0 radical (unpaired) electrons. The van der Waals surface area contributed by atoms with E-state index in [1.165, 1.54) is 6.07 Å². The van der Waals surface area contributed by atoms with Crippen molar-refractivity contribution in [2.45, 2.75) is 6.54 Å². The van der Waals surface area contributed by atoms with Gasteiger partial charge in [-0.2, -0.15) is 0 Å². The number of benzene rings is 1. The molecule has 1 aromatic carbocycles. The predicted molar refractivity (Wildman–Crippen MR) is 70.9 cm³/mol. The third kappa shape index (κ3) is 1.92. The first-order chi connectivity index (χ1) is 8.54. The van der Waals surface area contributed by atoms with Crippen LogP contribution in [0.1, 0.15) is 0 Å². The van der Waals surface area contributed by atoms with E-state index in [0.29, 0.717) is 6.54 Å². The Hall–Kier alpha value is -2.37. The van der Waals surface area contributed by atoms with Crippen molar-refractivity contribution in [1.29, 1.82) is 0 Å². The molecule has 0 aliphatic carbocycles. The molecule has 0 bridgehead atoms. The van der Waals surface area contributed by atoms with Crippen LogP contribution in [-0.4, -0.2) is 28.6 Å². The number of hydrogen-bond acceptors (Lipinski definition) is 4. The van der Waals surface area contributed by atoms with Crippen molar-refractivity contribution in [3.63, 3.8) is 0 Å². The second kappa shape index (κ2) is 4.48. The third-order valence-electron chi connectivity index (χ3n) is 2.63. The molecule has 1 aromatic heterocycles. The summed E-state index contributed by atoms with van der Waals surface area (Å²) in [6.45, 7) is 4.26. The molecule has 0 N–H and O–H groups in total. The molecule has 6 nitrogen and oxygen atoms in total. The van der Waals surface area contributed by atoms with Crippen LogP contribution in [0.2, 0.25) is 0 Å². The summed E-state index contributed by atoms with van der Waals surface area (Å²) in [7, 11) is 3.77. The van der Waals surface area contributed by atoms with Crippen LogP contribution < -0.4 is 4.90 Å². The Morgan fingerprint density at radius 2 is 2.28 bits per heavy atom. The number of aromatic nitrogens is 2. The normalized spacial score (nSPS) is 10.6. The van der Waals surface area contributed by atoms with E-state index in [1.807, 2.05) is 23.6 Å². The maximum Gasteiger partial charge on any atom is 0.271 e. The van der Waals surface area contributed by atoms with Crippen LogP contribution in [0.4, 0.5) is 11.6 Å².